The average Bonchev–Trinajstić information content (AvgIpc) is 3.10. The number of aromatic amines is 1. The van der Waals surface area contributed by atoms with Gasteiger partial charge in [0.1, 0.15) is 0 Å². The SMILES string of the molecule is C[C@H](NC(=O)COC(=O)CCCc1c[nH]c2ccccc12)c1ccccc1Cl. The van der Waals surface area contributed by atoms with Gasteiger partial charge in [-0.3, -0.25) is 9.59 Å². The van der Waals surface area contributed by atoms with Crippen molar-refractivity contribution in [1.82, 2.24) is 10.3 Å². The molecule has 3 aromatic rings. The number of hydrogen-bond donors (Lipinski definition) is 2. The van der Waals surface area contributed by atoms with E-state index in [1.165, 1.54) is 10.9 Å². The number of rotatable bonds is 8. The summed E-state index contributed by atoms with van der Waals surface area (Å²) in [6.07, 6.45) is 3.68. The third kappa shape index (κ3) is 5.14. The van der Waals surface area contributed by atoms with Gasteiger partial charge < -0.3 is 15.0 Å². The van der Waals surface area contributed by atoms with E-state index in [9.17, 15) is 9.59 Å². The molecule has 0 fully saturated rings. The van der Waals surface area contributed by atoms with Gasteiger partial charge in [-0.15, -0.1) is 0 Å². The Bertz CT molecular complexity index is 967. The number of H-pyrrole nitrogens is 1. The molecular formula is C22H23ClN2O3. The van der Waals surface area contributed by atoms with Crippen molar-refractivity contribution in [2.75, 3.05) is 6.61 Å². The van der Waals surface area contributed by atoms with Crippen LogP contribution in [0.5, 0.6) is 0 Å². The number of carbonyl (C=O) groups is 2. The molecule has 0 aliphatic heterocycles. The van der Waals surface area contributed by atoms with Gasteiger partial charge in [0.05, 0.1) is 6.04 Å². The lowest BCUT2D eigenvalue weighted by Crippen LogP contribution is -2.31. The molecule has 28 heavy (non-hydrogen) atoms. The van der Waals surface area contributed by atoms with Crippen LogP contribution in [0.4, 0.5) is 0 Å². The first-order chi connectivity index (χ1) is 13.5. The molecule has 0 aliphatic carbocycles. The molecule has 6 heteroatoms. The topological polar surface area (TPSA) is 71.2 Å². The molecule has 0 radical (unpaired) electrons. The number of ether oxygens (including phenoxy) is 1. The van der Waals surface area contributed by atoms with Crippen LogP contribution in [0.2, 0.25) is 5.02 Å². The molecule has 1 aromatic heterocycles. The highest BCUT2D eigenvalue weighted by Gasteiger charge is 2.14. The smallest absolute Gasteiger partial charge is 0.306 e. The minimum absolute atomic E-state index is 0.262. The fourth-order valence-electron chi connectivity index (χ4n) is 3.17. The lowest BCUT2D eigenvalue weighted by Gasteiger charge is -2.15. The number of aryl methyl sites for hydroxylation is 1. The summed E-state index contributed by atoms with van der Waals surface area (Å²) in [5, 5.41) is 4.54. The third-order valence-corrected chi connectivity index (χ3v) is 4.96. The molecule has 146 valence electrons. The molecule has 2 N–H and O–H groups in total. The van der Waals surface area contributed by atoms with E-state index in [0.29, 0.717) is 11.4 Å². The average molecular weight is 399 g/mol. The van der Waals surface area contributed by atoms with Crippen molar-refractivity contribution in [2.24, 2.45) is 0 Å². The third-order valence-electron chi connectivity index (χ3n) is 4.62. The first-order valence-corrected chi connectivity index (χ1v) is 9.67. The Hall–Kier alpha value is -2.79. The summed E-state index contributed by atoms with van der Waals surface area (Å²) in [6.45, 7) is 1.54. The van der Waals surface area contributed by atoms with E-state index in [4.69, 9.17) is 16.3 Å². The maximum Gasteiger partial charge on any atom is 0.306 e. The molecule has 1 heterocycles. The van der Waals surface area contributed by atoms with Gasteiger partial charge in [-0.2, -0.15) is 0 Å². The van der Waals surface area contributed by atoms with E-state index in [0.717, 1.165) is 17.5 Å². The van der Waals surface area contributed by atoms with Crippen LogP contribution < -0.4 is 5.32 Å². The van der Waals surface area contributed by atoms with Crippen molar-refractivity contribution in [1.29, 1.82) is 0 Å². The number of esters is 1. The van der Waals surface area contributed by atoms with Crippen molar-refractivity contribution < 1.29 is 14.3 Å². The molecule has 2 aromatic carbocycles. The summed E-state index contributed by atoms with van der Waals surface area (Å²) in [6, 6.07) is 15.1. The molecule has 3 rings (SSSR count). The van der Waals surface area contributed by atoms with E-state index >= 15 is 0 Å². The number of hydrogen-bond acceptors (Lipinski definition) is 3. The number of benzene rings is 2. The molecule has 0 aliphatic rings. The second-order valence-corrected chi connectivity index (χ2v) is 7.09. The maximum absolute atomic E-state index is 12.0. The number of halogens is 1. The summed E-state index contributed by atoms with van der Waals surface area (Å²) < 4.78 is 5.09. The summed E-state index contributed by atoms with van der Waals surface area (Å²) in [5.41, 5.74) is 3.08. The normalized spacial score (nSPS) is 11.9. The Labute approximate surface area is 169 Å². The van der Waals surface area contributed by atoms with E-state index < -0.39 is 0 Å². The van der Waals surface area contributed by atoms with Gasteiger partial charge in [0.25, 0.3) is 5.91 Å². The van der Waals surface area contributed by atoms with Gasteiger partial charge in [-0.1, -0.05) is 48.0 Å². The Balaban J connectivity index is 1.39. The zero-order valence-corrected chi connectivity index (χ0v) is 16.5. The van der Waals surface area contributed by atoms with Gasteiger partial charge >= 0.3 is 5.97 Å². The molecule has 0 bridgehead atoms. The number of para-hydroxylation sites is 1. The second-order valence-electron chi connectivity index (χ2n) is 6.68. The quantitative estimate of drug-likeness (QED) is 0.546. The van der Waals surface area contributed by atoms with Crippen LogP contribution in [0.3, 0.4) is 0 Å². The zero-order chi connectivity index (χ0) is 19.9. The lowest BCUT2D eigenvalue weighted by molar-refractivity contribution is -0.148. The largest absolute Gasteiger partial charge is 0.456 e. The highest BCUT2D eigenvalue weighted by atomic mass is 35.5. The molecule has 0 unspecified atom stereocenters. The van der Waals surface area contributed by atoms with E-state index in [2.05, 4.69) is 16.4 Å². The van der Waals surface area contributed by atoms with Crippen LogP contribution in [-0.4, -0.2) is 23.5 Å². The van der Waals surface area contributed by atoms with Gasteiger partial charge in [-0.25, -0.2) is 0 Å². The number of nitrogens with one attached hydrogen (secondary N) is 2. The fraction of sp³-hybridized carbons (Fsp3) is 0.273. The fourth-order valence-corrected chi connectivity index (χ4v) is 3.47. The molecule has 1 amide bonds. The standard InChI is InChI=1S/C22H23ClN2O3/c1-15(17-8-2-4-10-19(17)23)25-21(26)14-28-22(27)12-6-7-16-13-24-20-11-5-3-9-18(16)20/h2-5,8-11,13,15,24H,6-7,12,14H2,1H3,(H,25,26)/t15-/m0/s1. The summed E-state index contributed by atoms with van der Waals surface area (Å²) in [4.78, 5) is 27.2. The highest BCUT2D eigenvalue weighted by molar-refractivity contribution is 6.31. The van der Waals surface area contributed by atoms with Crippen LogP contribution >= 0.6 is 11.6 Å². The first-order valence-electron chi connectivity index (χ1n) is 9.29. The molecule has 0 saturated carbocycles. The van der Waals surface area contributed by atoms with Crippen LogP contribution in [0.1, 0.15) is 36.9 Å². The van der Waals surface area contributed by atoms with E-state index in [1.807, 2.05) is 49.5 Å². The minimum atomic E-state index is -0.375. The van der Waals surface area contributed by atoms with Crippen molar-refractivity contribution in [3.05, 3.63) is 70.9 Å². The Kier molecular flexibility index (Phi) is 6.71. The predicted molar refractivity (Wildman–Crippen MR) is 110 cm³/mol. The molecule has 1 atom stereocenters. The van der Waals surface area contributed by atoms with E-state index in [-0.39, 0.29) is 30.9 Å². The van der Waals surface area contributed by atoms with Crippen molar-refractivity contribution in [2.45, 2.75) is 32.2 Å². The van der Waals surface area contributed by atoms with Gasteiger partial charge in [-0.05, 0) is 43.0 Å². The maximum atomic E-state index is 12.0. The summed E-state index contributed by atoms with van der Waals surface area (Å²) >= 11 is 6.13. The first kappa shape index (κ1) is 20.0. The summed E-state index contributed by atoms with van der Waals surface area (Å²) in [5.74, 6) is -0.724. The predicted octanol–water partition coefficient (Wildman–Crippen LogP) is 4.56. The van der Waals surface area contributed by atoms with Crippen LogP contribution in [0.25, 0.3) is 10.9 Å². The number of fused-ring (bicyclic) bond motifs is 1. The minimum Gasteiger partial charge on any atom is -0.456 e. The Morgan fingerprint density at radius 3 is 2.71 bits per heavy atom. The van der Waals surface area contributed by atoms with Gasteiger partial charge in [0.2, 0.25) is 0 Å². The van der Waals surface area contributed by atoms with Crippen molar-refractivity contribution >= 4 is 34.4 Å². The van der Waals surface area contributed by atoms with Gasteiger partial charge in [0.15, 0.2) is 6.61 Å². The van der Waals surface area contributed by atoms with Crippen molar-refractivity contribution in [3.63, 3.8) is 0 Å². The second kappa shape index (κ2) is 9.42. The number of carbonyl (C=O) groups excluding carboxylic acids is 2. The molecule has 0 saturated heterocycles. The monoisotopic (exact) mass is 398 g/mol. The number of aromatic nitrogens is 1. The van der Waals surface area contributed by atoms with Crippen LogP contribution in [-0.2, 0) is 20.7 Å². The molecular weight excluding hydrogens is 376 g/mol. The number of amides is 1. The Morgan fingerprint density at radius 1 is 1.14 bits per heavy atom. The highest BCUT2D eigenvalue weighted by Crippen LogP contribution is 2.22. The molecule has 5 nitrogen and oxygen atoms in total. The van der Waals surface area contributed by atoms with Crippen molar-refractivity contribution in [3.8, 4) is 0 Å². The van der Waals surface area contributed by atoms with Crippen LogP contribution in [0, 0.1) is 0 Å². The van der Waals surface area contributed by atoms with Gasteiger partial charge in [0, 0.05) is 28.5 Å². The van der Waals surface area contributed by atoms with E-state index in [1.54, 1.807) is 6.07 Å². The molecule has 0 spiro atoms. The Morgan fingerprint density at radius 2 is 1.89 bits per heavy atom. The summed E-state index contributed by atoms with van der Waals surface area (Å²) in [7, 11) is 0. The lowest BCUT2D eigenvalue weighted by atomic mass is 10.1. The zero-order valence-electron chi connectivity index (χ0n) is 15.7. The van der Waals surface area contributed by atoms with Crippen LogP contribution in [0.15, 0.2) is 54.7 Å².